The summed E-state index contributed by atoms with van der Waals surface area (Å²) in [6.07, 6.45) is 2.11. The van der Waals surface area contributed by atoms with E-state index in [2.05, 4.69) is 24.9 Å². The Morgan fingerprint density at radius 1 is 1.15 bits per heavy atom. The van der Waals surface area contributed by atoms with E-state index in [1.54, 1.807) is 13.2 Å². The van der Waals surface area contributed by atoms with Crippen LogP contribution >= 0.6 is 23.2 Å². The zero-order valence-corrected chi connectivity index (χ0v) is 17.8. The van der Waals surface area contributed by atoms with Gasteiger partial charge in [0, 0.05) is 18.1 Å². The molecule has 144 valence electrons. The van der Waals surface area contributed by atoms with Crippen molar-refractivity contribution in [1.29, 1.82) is 0 Å². The van der Waals surface area contributed by atoms with Crippen molar-refractivity contribution in [3.8, 4) is 17.5 Å². The van der Waals surface area contributed by atoms with E-state index in [4.69, 9.17) is 32.7 Å². The van der Waals surface area contributed by atoms with Crippen LogP contribution in [0, 0.1) is 6.92 Å². The molecule has 0 saturated heterocycles. The van der Waals surface area contributed by atoms with Crippen molar-refractivity contribution >= 4 is 34.2 Å². The van der Waals surface area contributed by atoms with Gasteiger partial charge < -0.3 is 9.47 Å². The highest BCUT2D eigenvalue weighted by Crippen LogP contribution is 2.40. The van der Waals surface area contributed by atoms with Gasteiger partial charge in [-0.1, -0.05) is 43.1 Å². The molecule has 0 saturated carbocycles. The minimum absolute atomic E-state index is 0.444. The van der Waals surface area contributed by atoms with Crippen LogP contribution in [0.15, 0.2) is 24.3 Å². The topological polar surface area (TPSA) is 36.3 Å². The van der Waals surface area contributed by atoms with E-state index in [1.807, 2.05) is 30.7 Å². The number of halogens is 2. The molecule has 1 heterocycles. The predicted octanol–water partition coefficient (Wildman–Crippen LogP) is 6.89. The standard InChI is InChI=1S/C21H24Cl2N2O2/c1-6-13(7-2)15-8-9-16(23)18-19(15)25(4)21(24-18)27-20-12(3)10-14(22)11-17(20)26-5/h8-11,13H,6-7H2,1-5H3. The molecule has 3 rings (SSSR count). The van der Waals surface area contributed by atoms with Crippen LogP contribution in [0.1, 0.15) is 43.7 Å². The van der Waals surface area contributed by atoms with Gasteiger partial charge in [-0.2, -0.15) is 4.98 Å². The van der Waals surface area contributed by atoms with Crippen LogP contribution in [0.4, 0.5) is 0 Å². The molecule has 0 aliphatic rings. The molecule has 0 amide bonds. The zero-order chi connectivity index (χ0) is 19.7. The Balaban J connectivity index is 2.16. The number of aromatic nitrogens is 2. The Labute approximate surface area is 170 Å². The molecule has 27 heavy (non-hydrogen) atoms. The lowest BCUT2D eigenvalue weighted by atomic mass is 9.93. The maximum absolute atomic E-state index is 6.45. The van der Waals surface area contributed by atoms with E-state index >= 15 is 0 Å². The Bertz CT molecular complexity index is 978. The summed E-state index contributed by atoms with van der Waals surface area (Å²) in [5.41, 5.74) is 3.88. The second-order valence-corrected chi connectivity index (χ2v) is 7.50. The van der Waals surface area contributed by atoms with Crippen LogP contribution in [0.2, 0.25) is 10.0 Å². The summed E-state index contributed by atoms with van der Waals surface area (Å²) in [5, 5.41) is 1.21. The van der Waals surface area contributed by atoms with Gasteiger partial charge >= 0.3 is 6.01 Å². The maximum atomic E-state index is 6.45. The number of ether oxygens (including phenoxy) is 2. The summed E-state index contributed by atoms with van der Waals surface area (Å²) in [6, 6.07) is 8.05. The molecule has 0 N–H and O–H groups in total. The molecule has 4 nitrogen and oxygen atoms in total. The van der Waals surface area contributed by atoms with Gasteiger partial charge in [-0.25, -0.2) is 0 Å². The van der Waals surface area contributed by atoms with Gasteiger partial charge in [0.05, 0.1) is 17.6 Å². The van der Waals surface area contributed by atoms with Crippen molar-refractivity contribution < 1.29 is 9.47 Å². The number of rotatable bonds is 6. The Morgan fingerprint density at radius 2 is 1.85 bits per heavy atom. The van der Waals surface area contributed by atoms with E-state index in [0.717, 1.165) is 29.4 Å². The molecule has 2 aromatic carbocycles. The van der Waals surface area contributed by atoms with Crippen LogP contribution in [0.3, 0.4) is 0 Å². The van der Waals surface area contributed by atoms with Crippen molar-refractivity contribution in [2.45, 2.75) is 39.5 Å². The van der Waals surface area contributed by atoms with Crippen molar-refractivity contribution in [1.82, 2.24) is 9.55 Å². The minimum atomic E-state index is 0.444. The Hall–Kier alpha value is -1.91. The van der Waals surface area contributed by atoms with Crippen molar-refractivity contribution in [3.05, 3.63) is 45.4 Å². The SMILES string of the molecule is CCC(CC)c1ccc(Cl)c2nc(Oc3c(C)cc(Cl)cc3OC)n(C)c12. The molecule has 0 aliphatic heterocycles. The largest absolute Gasteiger partial charge is 0.493 e. The van der Waals surface area contributed by atoms with Gasteiger partial charge in [0.2, 0.25) is 0 Å². The molecule has 6 heteroatoms. The van der Waals surface area contributed by atoms with Crippen molar-refractivity contribution in [2.75, 3.05) is 7.11 Å². The third-order valence-corrected chi connectivity index (χ3v) is 5.53. The number of fused-ring (bicyclic) bond motifs is 1. The predicted molar refractivity (Wildman–Crippen MR) is 112 cm³/mol. The molecule has 0 bridgehead atoms. The Kier molecular flexibility index (Phi) is 5.87. The summed E-state index contributed by atoms with van der Waals surface area (Å²) >= 11 is 12.6. The van der Waals surface area contributed by atoms with Gasteiger partial charge in [-0.3, -0.25) is 4.57 Å². The van der Waals surface area contributed by atoms with Gasteiger partial charge in [-0.05, 0) is 48.9 Å². The second kappa shape index (κ2) is 7.99. The van der Waals surface area contributed by atoms with Gasteiger partial charge in [0.15, 0.2) is 11.5 Å². The first kappa shape index (κ1) is 19.8. The third kappa shape index (κ3) is 3.61. The highest BCUT2D eigenvalue weighted by molar-refractivity contribution is 6.35. The number of nitrogens with zero attached hydrogens (tertiary/aromatic N) is 2. The minimum Gasteiger partial charge on any atom is -0.493 e. The number of hydrogen-bond acceptors (Lipinski definition) is 3. The summed E-state index contributed by atoms with van der Waals surface area (Å²) in [4.78, 5) is 4.68. The van der Waals surface area contributed by atoms with Crippen LogP contribution in [-0.4, -0.2) is 16.7 Å². The van der Waals surface area contributed by atoms with Gasteiger partial charge in [-0.15, -0.1) is 0 Å². The molecule has 3 aromatic rings. The molecular weight excluding hydrogens is 383 g/mol. The van der Waals surface area contributed by atoms with E-state index in [-0.39, 0.29) is 0 Å². The van der Waals surface area contributed by atoms with Gasteiger partial charge in [0.25, 0.3) is 0 Å². The average molecular weight is 407 g/mol. The molecular formula is C21H24Cl2N2O2. The van der Waals surface area contributed by atoms with E-state index in [0.29, 0.717) is 33.5 Å². The third-order valence-electron chi connectivity index (χ3n) is 5.01. The van der Waals surface area contributed by atoms with Crippen LogP contribution < -0.4 is 9.47 Å². The monoisotopic (exact) mass is 406 g/mol. The van der Waals surface area contributed by atoms with E-state index in [1.165, 1.54) is 5.56 Å². The smallest absolute Gasteiger partial charge is 0.302 e. The summed E-state index contributed by atoms with van der Waals surface area (Å²) in [7, 11) is 3.54. The maximum Gasteiger partial charge on any atom is 0.302 e. The molecule has 0 fully saturated rings. The first-order chi connectivity index (χ1) is 12.9. The lowest BCUT2D eigenvalue weighted by molar-refractivity contribution is 0.361. The quantitative estimate of drug-likeness (QED) is 0.446. The first-order valence-corrected chi connectivity index (χ1v) is 9.83. The highest BCUT2D eigenvalue weighted by Gasteiger charge is 2.21. The summed E-state index contributed by atoms with van der Waals surface area (Å²) in [6.45, 7) is 6.32. The van der Waals surface area contributed by atoms with Crippen molar-refractivity contribution in [3.63, 3.8) is 0 Å². The second-order valence-electron chi connectivity index (χ2n) is 6.66. The zero-order valence-electron chi connectivity index (χ0n) is 16.3. The molecule has 0 unspecified atom stereocenters. The van der Waals surface area contributed by atoms with E-state index in [9.17, 15) is 0 Å². The highest BCUT2D eigenvalue weighted by atomic mass is 35.5. The number of benzene rings is 2. The van der Waals surface area contributed by atoms with Crippen molar-refractivity contribution in [2.24, 2.45) is 7.05 Å². The fourth-order valence-corrected chi connectivity index (χ4v) is 3.98. The molecule has 0 aliphatic carbocycles. The lowest BCUT2D eigenvalue weighted by Gasteiger charge is -2.16. The van der Waals surface area contributed by atoms with E-state index < -0.39 is 0 Å². The fourth-order valence-electron chi connectivity index (χ4n) is 3.52. The molecule has 0 atom stereocenters. The molecule has 1 aromatic heterocycles. The molecule has 0 radical (unpaired) electrons. The van der Waals surface area contributed by atoms with Crippen LogP contribution in [0.25, 0.3) is 11.0 Å². The molecule has 0 spiro atoms. The van der Waals surface area contributed by atoms with Gasteiger partial charge in [0.1, 0.15) is 5.52 Å². The van der Waals surface area contributed by atoms with Crippen LogP contribution in [0.5, 0.6) is 17.5 Å². The normalized spacial score (nSPS) is 11.4. The number of aryl methyl sites for hydroxylation is 2. The number of imidazole rings is 1. The average Bonchev–Trinajstić information content (AvgIpc) is 2.97. The Morgan fingerprint density at radius 3 is 2.48 bits per heavy atom. The number of hydrogen-bond donors (Lipinski definition) is 0. The van der Waals surface area contributed by atoms with Crippen LogP contribution in [-0.2, 0) is 7.05 Å². The lowest BCUT2D eigenvalue weighted by Crippen LogP contribution is -2.02. The summed E-state index contributed by atoms with van der Waals surface area (Å²) < 4.78 is 13.6. The number of methoxy groups -OCH3 is 1. The first-order valence-electron chi connectivity index (χ1n) is 9.07. The fraction of sp³-hybridized carbons (Fsp3) is 0.381. The summed E-state index contributed by atoms with van der Waals surface area (Å²) in [5.74, 6) is 1.61.